The second-order valence-electron chi connectivity index (χ2n) is 6.25. The summed E-state index contributed by atoms with van der Waals surface area (Å²) in [6.07, 6.45) is 1.77. The minimum Gasteiger partial charge on any atom is -0.342 e. The van der Waals surface area contributed by atoms with Crippen LogP contribution in [-0.4, -0.2) is 10.4 Å². The molecule has 0 saturated heterocycles. The van der Waals surface area contributed by atoms with Crippen molar-refractivity contribution in [2.45, 2.75) is 6.54 Å². The van der Waals surface area contributed by atoms with Gasteiger partial charge in [-0.15, -0.1) is 0 Å². The Morgan fingerprint density at radius 3 is 2.41 bits per heavy atom. The molecule has 0 N–H and O–H groups in total. The zero-order valence-corrected chi connectivity index (χ0v) is 15.6. The molecule has 2 nitrogen and oxygen atoms in total. The third-order valence-electron chi connectivity index (χ3n) is 4.49. The Balaban J connectivity index is 1.80. The van der Waals surface area contributed by atoms with Crippen molar-refractivity contribution in [1.82, 2.24) is 4.57 Å². The molecular formula is C22H14Cl2FNO. The number of nitrogens with zero attached hydrogens (tertiary/aromatic N) is 1. The Bertz CT molecular complexity index is 1170. The topological polar surface area (TPSA) is 22.0 Å². The van der Waals surface area contributed by atoms with E-state index in [9.17, 15) is 9.18 Å². The van der Waals surface area contributed by atoms with Gasteiger partial charge in [-0.05, 0) is 35.9 Å². The first-order chi connectivity index (χ1) is 13.0. The van der Waals surface area contributed by atoms with Crippen LogP contribution in [0.2, 0.25) is 10.0 Å². The molecule has 0 unspecified atom stereocenters. The van der Waals surface area contributed by atoms with Gasteiger partial charge in [-0.2, -0.15) is 0 Å². The minimum absolute atomic E-state index is 0.0648. The van der Waals surface area contributed by atoms with Crippen LogP contribution >= 0.6 is 23.2 Å². The number of ketones is 1. The van der Waals surface area contributed by atoms with Gasteiger partial charge in [0, 0.05) is 29.2 Å². The second kappa shape index (κ2) is 7.18. The van der Waals surface area contributed by atoms with E-state index in [0.29, 0.717) is 22.2 Å². The van der Waals surface area contributed by atoms with Crippen molar-refractivity contribution in [1.29, 1.82) is 0 Å². The van der Waals surface area contributed by atoms with Crippen LogP contribution in [0.1, 0.15) is 21.5 Å². The van der Waals surface area contributed by atoms with Gasteiger partial charge >= 0.3 is 0 Å². The zero-order valence-electron chi connectivity index (χ0n) is 14.1. The molecule has 0 aliphatic rings. The average Bonchev–Trinajstić information content (AvgIpc) is 3.03. The molecule has 4 rings (SSSR count). The average molecular weight is 398 g/mol. The molecule has 0 aliphatic heterocycles. The van der Waals surface area contributed by atoms with E-state index in [0.717, 1.165) is 16.5 Å². The zero-order chi connectivity index (χ0) is 19.0. The van der Waals surface area contributed by atoms with Crippen molar-refractivity contribution in [2.24, 2.45) is 0 Å². The quantitative estimate of drug-likeness (QED) is 0.366. The van der Waals surface area contributed by atoms with Crippen LogP contribution < -0.4 is 0 Å². The predicted octanol–water partition coefficient (Wildman–Crippen LogP) is 6.37. The molecule has 0 bridgehead atoms. The van der Waals surface area contributed by atoms with E-state index >= 15 is 0 Å². The maximum absolute atomic E-state index is 14.1. The van der Waals surface area contributed by atoms with Gasteiger partial charge in [-0.3, -0.25) is 4.79 Å². The number of fused-ring (bicyclic) bond motifs is 1. The standard InChI is InChI=1S/C22H14Cl2FNO/c23-18-10-9-14(11-19(18)24)12-26-13-17(15-5-2-4-8-21(15)26)22(27)16-6-1-3-7-20(16)25/h1-11,13H,12H2. The number of para-hydroxylation sites is 1. The third kappa shape index (κ3) is 3.36. The van der Waals surface area contributed by atoms with Crippen LogP contribution in [0.25, 0.3) is 10.9 Å². The van der Waals surface area contributed by atoms with Crippen LogP contribution in [0.4, 0.5) is 4.39 Å². The fourth-order valence-corrected chi connectivity index (χ4v) is 3.50. The van der Waals surface area contributed by atoms with Crippen molar-refractivity contribution >= 4 is 39.9 Å². The lowest BCUT2D eigenvalue weighted by molar-refractivity contribution is 0.103. The lowest BCUT2D eigenvalue weighted by Gasteiger charge is -2.06. The van der Waals surface area contributed by atoms with Crippen molar-refractivity contribution in [2.75, 3.05) is 0 Å². The van der Waals surface area contributed by atoms with Crippen LogP contribution in [-0.2, 0) is 6.54 Å². The molecule has 0 amide bonds. The maximum atomic E-state index is 14.1. The molecule has 0 fully saturated rings. The summed E-state index contributed by atoms with van der Waals surface area (Å²) < 4.78 is 16.1. The number of hydrogen-bond donors (Lipinski definition) is 0. The smallest absolute Gasteiger partial charge is 0.198 e. The number of carbonyl (C=O) groups is 1. The summed E-state index contributed by atoms with van der Waals surface area (Å²) in [7, 11) is 0. The Morgan fingerprint density at radius 2 is 1.63 bits per heavy atom. The lowest BCUT2D eigenvalue weighted by Crippen LogP contribution is -2.04. The van der Waals surface area contributed by atoms with Gasteiger partial charge in [-0.25, -0.2) is 4.39 Å². The normalized spacial score (nSPS) is 11.1. The summed E-state index contributed by atoms with van der Waals surface area (Å²) in [5.74, 6) is -0.860. The Labute approximate surface area is 165 Å². The molecule has 1 aromatic heterocycles. The number of rotatable bonds is 4. The molecule has 1 heterocycles. The van der Waals surface area contributed by atoms with Crippen LogP contribution in [0, 0.1) is 5.82 Å². The van der Waals surface area contributed by atoms with Crippen LogP contribution in [0.15, 0.2) is 72.9 Å². The van der Waals surface area contributed by atoms with E-state index in [-0.39, 0.29) is 11.3 Å². The number of carbonyl (C=O) groups excluding carboxylic acids is 1. The summed E-state index contributed by atoms with van der Waals surface area (Å²) in [6.45, 7) is 0.516. The summed E-state index contributed by atoms with van der Waals surface area (Å²) in [6, 6.07) is 19.0. The maximum Gasteiger partial charge on any atom is 0.198 e. The number of hydrogen-bond acceptors (Lipinski definition) is 1. The van der Waals surface area contributed by atoms with E-state index in [1.54, 1.807) is 30.5 Å². The molecule has 0 radical (unpaired) electrons. The molecule has 0 spiro atoms. The fraction of sp³-hybridized carbons (Fsp3) is 0.0455. The highest BCUT2D eigenvalue weighted by Crippen LogP contribution is 2.27. The van der Waals surface area contributed by atoms with Gasteiger partial charge in [-0.1, -0.05) is 59.6 Å². The van der Waals surface area contributed by atoms with Gasteiger partial charge in [0.1, 0.15) is 5.82 Å². The summed E-state index contributed by atoms with van der Waals surface area (Å²) in [5.41, 5.74) is 2.38. The van der Waals surface area contributed by atoms with Gasteiger partial charge in [0.25, 0.3) is 0 Å². The Hall–Kier alpha value is -2.62. The first-order valence-electron chi connectivity index (χ1n) is 8.35. The van der Waals surface area contributed by atoms with Gasteiger partial charge in [0.15, 0.2) is 5.78 Å². The molecule has 0 saturated carbocycles. The van der Waals surface area contributed by atoms with E-state index < -0.39 is 5.82 Å². The Kier molecular flexibility index (Phi) is 4.73. The number of aromatic nitrogens is 1. The molecule has 0 atom stereocenters. The van der Waals surface area contributed by atoms with Gasteiger partial charge in [0.05, 0.1) is 15.6 Å². The fourth-order valence-electron chi connectivity index (χ4n) is 3.18. The van der Waals surface area contributed by atoms with E-state index in [2.05, 4.69) is 0 Å². The third-order valence-corrected chi connectivity index (χ3v) is 5.23. The summed E-state index contributed by atoms with van der Waals surface area (Å²) >= 11 is 12.1. The van der Waals surface area contributed by atoms with Crippen molar-refractivity contribution in [3.63, 3.8) is 0 Å². The van der Waals surface area contributed by atoms with Crippen LogP contribution in [0.5, 0.6) is 0 Å². The summed E-state index contributed by atoms with van der Waals surface area (Å²) in [5, 5.41) is 1.76. The predicted molar refractivity (Wildman–Crippen MR) is 107 cm³/mol. The highest BCUT2D eigenvalue weighted by molar-refractivity contribution is 6.42. The largest absolute Gasteiger partial charge is 0.342 e. The van der Waals surface area contributed by atoms with E-state index in [4.69, 9.17) is 23.2 Å². The molecular weight excluding hydrogens is 384 g/mol. The SMILES string of the molecule is O=C(c1ccccc1F)c1cn(Cc2ccc(Cl)c(Cl)c2)c2ccccc12. The second-order valence-corrected chi connectivity index (χ2v) is 7.06. The molecule has 134 valence electrons. The van der Waals surface area contributed by atoms with Gasteiger partial charge in [0.2, 0.25) is 0 Å². The van der Waals surface area contributed by atoms with E-state index in [1.807, 2.05) is 34.9 Å². The highest BCUT2D eigenvalue weighted by Gasteiger charge is 2.19. The first-order valence-corrected chi connectivity index (χ1v) is 9.11. The van der Waals surface area contributed by atoms with Crippen molar-refractivity contribution < 1.29 is 9.18 Å². The minimum atomic E-state index is -0.524. The monoisotopic (exact) mass is 397 g/mol. The lowest BCUT2D eigenvalue weighted by atomic mass is 10.0. The van der Waals surface area contributed by atoms with Gasteiger partial charge < -0.3 is 4.57 Å². The van der Waals surface area contributed by atoms with Crippen molar-refractivity contribution in [3.05, 3.63) is 105 Å². The molecule has 27 heavy (non-hydrogen) atoms. The molecule has 4 aromatic rings. The molecule has 0 aliphatic carbocycles. The highest BCUT2D eigenvalue weighted by atomic mass is 35.5. The number of halogens is 3. The number of benzene rings is 3. The molecule has 3 aromatic carbocycles. The summed E-state index contributed by atoms with van der Waals surface area (Å²) in [4.78, 5) is 13.0. The molecule has 5 heteroatoms. The van der Waals surface area contributed by atoms with E-state index in [1.165, 1.54) is 12.1 Å². The van der Waals surface area contributed by atoms with Crippen LogP contribution in [0.3, 0.4) is 0 Å². The first kappa shape index (κ1) is 17.8. The van der Waals surface area contributed by atoms with Crippen molar-refractivity contribution in [3.8, 4) is 0 Å². The Morgan fingerprint density at radius 1 is 0.889 bits per heavy atom.